The second-order valence-electron chi connectivity index (χ2n) is 3.83. The molecule has 0 aromatic heterocycles. The van der Waals surface area contributed by atoms with E-state index >= 15 is 0 Å². The lowest BCUT2D eigenvalue weighted by molar-refractivity contribution is -0.186. The number of hydrogen-bond acceptors (Lipinski definition) is 2. The predicted octanol–water partition coefficient (Wildman–Crippen LogP) is 1.36. The van der Waals surface area contributed by atoms with Gasteiger partial charge in [-0.05, 0) is 12.8 Å². The van der Waals surface area contributed by atoms with Gasteiger partial charge in [0.05, 0.1) is 30.8 Å². The highest BCUT2D eigenvalue weighted by Crippen LogP contribution is 2.38. The summed E-state index contributed by atoms with van der Waals surface area (Å²) < 4.78 is 5.62. The molecule has 3 nitrogen and oxygen atoms in total. The summed E-state index contributed by atoms with van der Waals surface area (Å²) in [7, 11) is 1.91. The standard InChI is InChI=1S/C9H15N2O/c1-10-11(2)6-7-3-4-8-5-9(7)12-8/h1,7-9H,3-6H2,2H3/q+1. The molecule has 1 aliphatic carbocycles. The first-order valence-electron chi connectivity index (χ1n) is 4.57. The summed E-state index contributed by atoms with van der Waals surface area (Å²) in [5.41, 5.74) is 0. The Kier molecular flexibility index (Phi) is 1.93. The van der Waals surface area contributed by atoms with E-state index in [4.69, 9.17) is 11.3 Å². The molecule has 3 aliphatic rings. The molecule has 0 spiro atoms. The number of rotatable bonds is 2. The molecule has 0 aromatic rings. The zero-order chi connectivity index (χ0) is 8.55. The monoisotopic (exact) mass is 167 g/mol. The lowest BCUT2D eigenvalue weighted by atomic mass is 9.80. The molecule has 3 unspecified atom stereocenters. The van der Waals surface area contributed by atoms with Gasteiger partial charge >= 0.3 is 6.57 Å². The van der Waals surface area contributed by atoms with Crippen molar-refractivity contribution in [3.8, 4) is 6.57 Å². The van der Waals surface area contributed by atoms with Gasteiger partial charge in [0.25, 0.3) is 0 Å². The molecule has 12 heavy (non-hydrogen) atoms. The Balaban J connectivity index is 1.84. The van der Waals surface area contributed by atoms with Crippen molar-refractivity contribution in [1.82, 2.24) is 5.01 Å². The van der Waals surface area contributed by atoms with Gasteiger partial charge in [0.2, 0.25) is 0 Å². The Morgan fingerprint density at radius 3 is 2.83 bits per heavy atom. The molecule has 3 atom stereocenters. The Morgan fingerprint density at radius 2 is 2.33 bits per heavy atom. The third-order valence-corrected chi connectivity index (χ3v) is 2.94. The van der Waals surface area contributed by atoms with Crippen LogP contribution in [0.15, 0.2) is 0 Å². The first-order valence-corrected chi connectivity index (χ1v) is 4.57. The zero-order valence-corrected chi connectivity index (χ0v) is 7.44. The maximum absolute atomic E-state index is 5.62. The lowest BCUT2D eigenvalue weighted by Crippen LogP contribution is -2.50. The van der Waals surface area contributed by atoms with Crippen molar-refractivity contribution in [1.29, 1.82) is 0 Å². The van der Waals surface area contributed by atoms with Crippen LogP contribution in [0.1, 0.15) is 19.3 Å². The minimum atomic E-state index is 0.493. The predicted molar refractivity (Wildman–Crippen MR) is 46.9 cm³/mol. The molecule has 0 N–H and O–H groups in total. The van der Waals surface area contributed by atoms with Crippen LogP contribution >= 0.6 is 0 Å². The lowest BCUT2D eigenvalue weighted by Gasteiger charge is -2.46. The highest BCUT2D eigenvalue weighted by molar-refractivity contribution is 4.91. The van der Waals surface area contributed by atoms with Crippen LogP contribution in [0.5, 0.6) is 0 Å². The molecule has 0 radical (unpaired) electrons. The fraction of sp³-hybridized carbons (Fsp3) is 0.889. The topological polar surface area (TPSA) is 16.8 Å². The van der Waals surface area contributed by atoms with Crippen LogP contribution < -0.4 is 0 Å². The first-order chi connectivity index (χ1) is 5.79. The molecule has 66 valence electrons. The maximum Gasteiger partial charge on any atom is 0.304 e. The fourth-order valence-corrected chi connectivity index (χ4v) is 2.17. The highest BCUT2D eigenvalue weighted by Gasteiger charge is 2.42. The van der Waals surface area contributed by atoms with Gasteiger partial charge in [-0.3, -0.25) is 0 Å². The minimum absolute atomic E-state index is 0.493. The number of hydrogen-bond donors (Lipinski definition) is 0. The SMILES string of the molecule is C#[N+]N(C)CC1CCC2CC1O2. The average molecular weight is 167 g/mol. The summed E-state index contributed by atoms with van der Waals surface area (Å²) in [4.78, 5) is 3.61. The molecule has 2 bridgehead atoms. The summed E-state index contributed by atoms with van der Waals surface area (Å²) in [6, 6.07) is 0. The van der Waals surface area contributed by atoms with Crippen molar-refractivity contribution in [2.24, 2.45) is 5.92 Å². The van der Waals surface area contributed by atoms with Crippen molar-refractivity contribution in [3.05, 3.63) is 4.95 Å². The highest BCUT2D eigenvalue weighted by atomic mass is 16.5. The van der Waals surface area contributed by atoms with Crippen LogP contribution in [-0.2, 0) is 4.74 Å². The van der Waals surface area contributed by atoms with Gasteiger partial charge in [0.15, 0.2) is 0 Å². The van der Waals surface area contributed by atoms with Crippen LogP contribution in [0.4, 0.5) is 0 Å². The Bertz CT molecular complexity index is 202. The normalized spacial score (nSPS) is 38.2. The largest absolute Gasteiger partial charge is 0.374 e. The summed E-state index contributed by atoms with van der Waals surface area (Å²) in [6.45, 7) is 6.10. The van der Waals surface area contributed by atoms with E-state index in [1.165, 1.54) is 19.3 Å². The van der Waals surface area contributed by atoms with Gasteiger partial charge in [-0.25, -0.2) is 0 Å². The van der Waals surface area contributed by atoms with Crippen LogP contribution in [0.25, 0.3) is 4.95 Å². The van der Waals surface area contributed by atoms with Crippen LogP contribution in [0.3, 0.4) is 0 Å². The third-order valence-electron chi connectivity index (χ3n) is 2.94. The molecular weight excluding hydrogens is 152 g/mol. The van der Waals surface area contributed by atoms with Crippen LogP contribution in [-0.4, -0.2) is 30.8 Å². The van der Waals surface area contributed by atoms with E-state index in [-0.39, 0.29) is 0 Å². The van der Waals surface area contributed by atoms with Crippen molar-refractivity contribution < 1.29 is 4.74 Å². The van der Waals surface area contributed by atoms with E-state index in [0.29, 0.717) is 18.1 Å². The van der Waals surface area contributed by atoms with Crippen molar-refractivity contribution in [2.75, 3.05) is 13.6 Å². The minimum Gasteiger partial charge on any atom is -0.374 e. The molecule has 2 aliphatic heterocycles. The van der Waals surface area contributed by atoms with E-state index in [1.807, 2.05) is 7.05 Å². The molecular formula is C9H15N2O+. The number of ether oxygens (including phenoxy) is 1. The molecule has 2 heterocycles. The van der Waals surface area contributed by atoms with Gasteiger partial charge < -0.3 is 4.74 Å². The Labute approximate surface area is 73.1 Å². The third kappa shape index (κ3) is 1.27. The number of fused-ring (bicyclic) bond motifs is 2. The Hall–Kier alpha value is -0.750. The van der Waals surface area contributed by atoms with Crippen molar-refractivity contribution >= 4 is 0 Å². The maximum atomic E-state index is 5.62. The second kappa shape index (κ2) is 2.95. The smallest absolute Gasteiger partial charge is 0.304 e. The molecule has 1 saturated carbocycles. The first kappa shape index (κ1) is 7.88. The van der Waals surface area contributed by atoms with Crippen molar-refractivity contribution in [2.45, 2.75) is 31.5 Å². The van der Waals surface area contributed by atoms with Gasteiger partial charge in [0.1, 0.15) is 0 Å². The van der Waals surface area contributed by atoms with Gasteiger partial charge in [-0.1, -0.05) is 5.01 Å². The molecule has 0 amide bonds. The quantitative estimate of drug-likeness (QED) is 0.578. The molecule has 3 fully saturated rings. The van der Waals surface area contributed by atoms with E-state index in [1.54, 1.807) is 5.01 Å². The molecule has 3 rings (SSSR count). The zero-order valence-electron chi connectivity index (χ0n) is 7.44. The summed E-state index contributed by atoms with van der Waals surface area (Å²) >= 11 is 0. The van der Waals surface area contributed by atoms with Gasteiger partial charge in [-0.2, -0.15) is 0 Å². The fourth-order valence-electron chi connectivity index (χ4n) is 2.17. The summed E-state index contributed by atoms with van der Waals surface area (Å²) in [5, 5.41) is 1.80. The molecule has 0 aromatic carbocycles. The van der Waals surface area contributed by atoms with Gasteiger partial charge in [0, 0.05) is 12.3 Å². The summed E-state index contributed by atoms with van der Waals surface area (Å²) in [6.07, 6.45) is 4.82. The van der Waals surface area contributed by atoms with E-state index in [0.717, 1.165) is 6.54 Å². The second-order valence-corrected chi connectivity index (χ2v) is 3.83. The van der Waals surface area contributed by atoms with E-state index < -0.39 is 0 Å². The van der Waals surface area contributed by atoms with Crippen LogP contribution in [0, 0.1) is 12.5 Å². The van der Waals surface area contributed by atoms with Crippen LogP contribution in [0.2, 0.25) is 0 Å². The molecule has 2 saturated heterocycles. The van der Waals surface area contributed by atoms with E-state index in [9.17, 15) is 0 Å². The van der Waals surface area contributed by atoms with Gasteiger partial charge in [-0.15, -0.1) is 0 Å². The number of nitrogens with zero attached hydrogens (tertiary/aromatic N) is 2. The average Bonchev–Trinajstić information content (AvgIpc) is 2.03. The summed E-state index contributed by atoms with van der Waals surface area (Å²) in [5.74, 6) is 0.646. The Morgan fingerprint density at radius 1 is 1.58 bits per heavy atom. The van der Waals surface area contributed by atoms with E-state index in [2.05, 4.69) is 4.95 Å². The van der Waals surface area contributed by atoms with Crippen molar-refractivity contribution in [3.63, 3.8) is 0 Å². The molecule has 3 heteroatoms.